The van der Waals surface area contributed by atoms with E-state index >= 15 is 0 Å². The molecule has 4 bridgehead atoms. The topological polar surface area (TPSA) is 24.5 Å². The summed E-state index contributed by atoms with van der Waals surface area (Å²) in [6.45, 7) is 0.499. The predicted molar refractivity (Wildman–Crippen MR) is 150 cm³/mol. The largest absolute Gasteiger partial charge is 0.573 e. The molecular weight excluding hydrogens is 517 g/mol. The van der Waals surface area contributed by atoms with Gasteiger partial charge in [-0.3, -0.25) is 4.90 Å². The summed E-state index contributed by atoms with van der Waals surface area (Å²) >= 11 is 1.55. The van der Waals surface area contributed by atoms with Gasteiger partial charge in [-0.25, -0.2) is 0 Å². The Morgan fingerprint density at radius 2 is 1.64 bits per heavy atom. The molecule has 3 nitrogen and oxygen atoms in total. The average Bonchev–Trinajstić information content (AvgIpc) is 3.05. The second-order valence-corrected chi connectivity index (χ2v) is 12.0. The van der Waals surface area contributed by atoms with E-state index in [-0.39, 0.29) is 23.8 Å². The van der Waals surface area contributed by atoms with Crippen molar-refractivity contribution in [1.29, 1.82) is 0 Å². The molecule has 6 rings (SSSR count). The fourth-order valence-electron chi connectivity index (χ4n) is 7.60. The van der Waals surface area contributed by atoms with Crippen LogP contribution in [-0.4, -0.2) is 41.7 Å². The molecule has 1 N–H and O–H groups in total. The molecule has 3 aromatic carbocycles. The molecular formula is C32H35F3N2OS. The summed E-state index contributed by atoms with van der Waals surface area (Å²) in [5, 5.41) is 3.87. The molecule has 0 aromatic heterocycles. The Kier molecular flexibility index (Phi) is 7.66. The number of benzene rings is 3. The first-order chi connectivity index (χ1) is 18.9. The van der Waals surface area contributed by atoms with Crippen molar-refractivity contribution in [2.45, 2.75) is 80.0 Å². The molecule has 7 heteroatoms. The summed E-state index contributed by atoms with van der Waals surface area (Å²) in [6, 6.07) is 28.0. The van der Waals surface area contributed by atoms with Gasteiger partial charge < -0.3 is 10.1 Å². The highest BCUT2D eigenvalue weighted by atomic mass is 32.2. The lowest BCUT2D eigenvalue weighted by Gasteiger charge is -2.52. The first-order valence-corrected chi connectivity index (χ1v) is 15.2. The van der Waals surface area contributed by atoms with E-state index in [9.17, 15) is 13.2 Å². The van der Waals surface area contributed by atoms with Crippen molar-refractivity contribution < 1.29 is 17.9 Å². The number of thioether (sulfide) groups is 1. The van der Waals surface area contributed by atoms with E-state index in [1.54, 1.807) is 23.9 Å². The minimum absolute atomic E-state index is 0.165. The van der Waals surface area contributed by atoms with Crippen LogP contribution in [0, 0.1) is 5.92 Å². The molecule has 3 heterocycles. The van der Waals surface area contributed by atoms with Crippen LogP contribution in [0.2, 0.25) is 0 Å². The third-order valence-electron chi connectivity index (χ3n) is 8.97. The molecule has 6 unspecified atom stereocenters. The molecule has 3 fully saturated rings. The fraction of sp³-hybridized carbons (Fsp3) is 0.438. The van der Waals surface area contributed by atoms with Gasteiger partial charge in [-0.05, 0) is 72.7 Å². The molecule has 3 aromatic rings. The van der Waals surface area contributed by atoms with Gasteiger partial charge in [-0.15, -0.1) is 24.9 Å². The van der Waals surface area contributed by atoms with Crippen LogP contribution >= 0.6 is 11.8 Å². The van der Waals surface area contributed by atoms with Gasteiger partial charge in [0, 0.05) is 41.5 Å². The lowest BCUT2D eigenvalue weighted by molar-refractivity contribution is -0.274. The third kappa shape index (κ3) is 5.59. The number of halogens is 3. The van der Waals surface area contributed by atoms with Gasteiger partial charge in [-0.2, -0.15) is 0 Å². The summed E-state index contributed by atoms with van der Waals surface area (Å²) in [6.07, 6.45) is 3.40. The van der Waals surface area contributed by atoms with Crippen LogP contribution in [0.4, 0.5) is 13.2 Å². The van der Waals surface area contributed by atoms with Crippen molar-refractivity contribution >= 4 is 11.8 Å². The number of ether oxygens (including phenoxy) is 1. The van der Waals surface area contributed by atoms with Gasteiger partial charge in [-0.1, -0.05) is 67.1 Å². The van der Waals surface area contributed by atoms with Crippen molar-refractivity contribution in [3.05, 3.63) is 95.6 Å². The highest BCUT2D eigenvalue weighted by molar-refractivity contribution is 7.98. The number of alkyl halides is 3. The van der Waals surface area contributed by atoms with Crippen LogP contribution in [-0.2, 0) is 6.54 Å². The minimum atomic E-state index is -4.71. The van der Waals surface area contributed by atoms with Crippen molar-refractivity contribution in [3.63, 3.8) is 0 Å². The molecule has 3 saturated heterocycles. The SMILES string of the molecule is CSc1ccc(OC(F)(F)F)cc1CNC1CC2CC3CCCC2N3C1C(c1ccccc1)c1ccccc1. The molecule has 3 aliphatic rings. The zero-order chi connectivity index (χ0) is 27.0. The van der Waals surface area contributed by atoms with Crippen LogP contribution in [0.3, 0.4) is 0 Å². The molecule has 0 aliphatic carbocycles. The Hall–Kier alpha value is -2.48. The van der Waals surface area contributed by atoms with Crippen LogP contribution in [0.15, 0.2) is 83.8 Å². The average molecular weight is 553 g/mol. The van der Waals surface area contributed by atoms with Gasteiger partial charge in [0.05, 0.1) is 0 Å². The van der Waals surface area contributed by atoms with Crippen LogP contribution in [0.25, 0.3) is 0 Å². The summed E-state index contributed by atoms with van der Waals surface area (Å²) in [7, 11) is 0. The quantitative estimate of drug-likeness (QED) is 0.291. The number of hydrogen-bond acceptors (Lipinski definition) is 4. The first kappa shape index (κ1) is 26.7. The molecule has 0 saturated carbocycles. The molecule has 3 aliphatic heterocycles. The maximum Gasteiger partial charge on any atom is 0.573 e. The first-order valence-electron chi connectivity index (χ1n) is 13.9. The molecule has 206 valence electrons. The van der Waals surface area contributed by atoms with E-state index in [0.29, 0.717) is 24.5 Å². The molecule has 0 radical (unpaired) electrons. The number of hydrogen-bond donors (Lipinski definition) is 1. The van der Waals surface area contributed by atoms with E-state index in [1.165, 1.54) is 42.9 Å². The summed E-state index contributed by atoms with van der Waals surface area (Å²) in [4.78, 5) is 3.81. The van der Waals surface area contributed by atoms with Crippen molar-refractivity contribution in [2.24, 2.45) is 5.92 Å². The fourth-order valence-corrected chi connectivity index (χ4v) is 8.19. The molecule has 6 atom stereocenters. The Labute approximate surface area is 233 Å². The number of nitrogens with one attached hydrogen (secondary N) is 1. The normalized spacial score (nSPS) is 28.0. The van der Waals surface area contributed by atoms with E-state index < -0.39 is 6.36 Å². The third-order valence-corrected chi connectivity index (χ3v) is 9.81. The monoisotopic (exact) mass is 552 g/mol. The summed E-state index contributed by atoms with van der Waals surface area (Å²) in [5.74, 6) is 0.701. The van der Waals surface area contributed by atoms with Gasteiger partial charge in [0.2, 0.25) is 0 Å². The molecule has 0 amide bonds. The standard InChI is InChI=1S/C32H35F3N2OS/c1-39-29-16-15-26(38-32(33,34)35)18-24(29)20-36-27-19-23-17-25-13-8-14-28(23)37(25)31(27)30(21-9-4-2-5-10-21)22-11-6-3-7-12-22/h2-7,9-12,15-16,18,23,25,27-28,30-31,36H,8,13-14,17,19-20H2,1H3. The lowest BCUT2D eigenvalue weighted by atomic mass is 9.74. The van der Waals surface area contributed by atoms with Crippen LogP contribution < -0.4 is 10.1 Å². The smallest absolute Gasteiger partial charge is 0.406 e. The Bertz CT molecular complexity index is 1220. The van der Waals surface area contributed by atoms with E-state index in [2.05, 4.69) is 75.6 Å². The number of nitrogens with zero attached hydrogens (tertiary/aromatic N) is 1. The van der Waals surface area contributed by atoms with Gasteiger partial charge in [0.15, 0.2) is 0 Å². The predicted octanol–water partition coefficient (Wildman–Crippen LogP) is 7.61. The lowest BCUT2D eigenvalue weighted by Crippen LogP contribution is -2.61. The zero-order valence-electron chi connectivity index (χ0n) is 22.1. The Balaban J connectivity index is 1.35. The second-order valence-electron chi connectivity index (χ2n) is 11.1. The van der Waals surface area contributed by atoms with E-state index in [1.807, 2.05) is 6.26 Å². The minimum Gasteiger partial charge on any atom is -0.406 e. The van der Waals surface area contributed by atoms with E-state index in [0.717, 1.165) is 16.9 Å². The van der Waals surface area contributed by atoms with Gasteiger partial charge in [0.25, 0.3) is 0 Å². The van der Waals surface area contributed by atoms with Gasteiger partial charge in [0.1, 0.15) is 5.75 Å². The van der Waals surface area contributed by atoms with Crippen molar-refractivity contribution in [3.8, 4) is 5.75 Å². The Morgan fingerprint density at radius 1 is 0.949 bits per heavy atom. The Morgan fingerprint density at radius 3 is 2.28 bits per heavy atom. The van der Waals surface area contributed by atoms with Crippen molar-refractivity contribution in [1.82, 2.24) is 10.2 Å². The highest BCUT2D eigenvalue weighted by Crippen LogP contribution is 2.51. The number of rotatable bonds is 8. The van der Waals surface area contributed by atoms with Crippen LogP contribution in [0.1, 0.15) is 54.7 Å². The molecule has 39 heavy (non-hydrogen) atoms. The maximum absolute atomic E-state index is 13.0. The highest BCUT2D eigenvalue weighted by Gasteiger charge is 2.54. The zero-order valence-corrected chi connectivity index (χ0v) is 22.9. The van der Waals surface area contributed by atoms with E-state index in [4.69, 9.17) is 0 Å². The summed E-state index contributed by atoms with van der Waals surface area (Å²) < 4.78 is 43.1. The van der Waals surface area contributed by atoms with Gasteiger partial charge >= 0.3 is 6.36 Å². The van der Waals surface area contributed by atoms with Crippen LogP contribution in [0.5, 0.6) is 5.75 Å². The van der Waals surface area contributed by atoms with Crippen molar-refractivity contribution in [2.75, 3.05) is 6.26 Å². The maximum atomic E-state index is 13.0. The second kappa shape index (κ2) is 11.2. The number of piperidine rings is 2. The summed E-state index contributed by atoms with van der Waals surface area (Å²) in [5.41, 5.74) is 3.47. The molecule has 0 spiro atoms.